The summed E-state index contributed by atoms with van der Waals surface area (Å²) in [6.07, 6.45) is 1.91. The predicted octanol–water partition coefficient (Wildman–Crippen LogP) is 6.09. The largest absolute Gasteiger partial charge is 0.299 e. The van der Waals surface area contributed by atoms with Crippen LogP contribution in [0.1, 0.15) is 0 Å². The Kier molecular flexibility index (Phi) is 2.97. The third-order valence-electron chi connectivity index (χ3n) is 4.53. The molecule has 0 spiro atoms. The van der Waals surface area contributed by atoms with E-state index < -0.39 is 0 Å². The van der Waals surface area contributed by atoms with Gasteiger partial charge in [-0.25, -0.2) is 4.98 Å². The minimum absolute atomic E-state index is 1.04. The number of hydrogen-bond donors (Lipinski definition) is 0. The summed E-state index contributed by atoms with van der Waals surface area (Å²) < 4.78 is 3.24. The minimum atomic E-state index is 1.04. The van der Waals surface area contributed by atoms with E-state index in [1.807, 2.05) is 24.5 Å². The molecule has 0 fully saturated rings. The van der Waals surface area contributed by atoms with Crippen LogP contribution in [0.15, 0.2) is 83.6 Å². The summed E-state index contributed by atoms with van der Waals surface area (Å²) in [6, 6.07) is 25.5. The van der Waals surface area contributed by atoms with Gasteiger partial charge in [-0.05, 0) is 46.5 Å². The molecule has 0 saturated heterocycles. The van der Waals surface area contributed by atoms with Gasteiger partial charge in [0, 0.05) is 15.5 Å². The van der Waals surface area contributed by atoms with Crippen molar-refractivity contribution in [2.45, 2.75) is 0 Å². The summed E-state index contributed by atoms with van der Waals surface area (Å²) in [5, 5.41) is 4.92. The van der Waals surface area contributed by atoms with E-state index in [4.69, 9.17) is 4.98 Å². The fourth-order valence-corrected chi connectivity index (χ4v) is 3.77. The molecule has 0 unspecified atom stereocenters. The Hall–Kier alpha value is -2.65. The van der Waals surface area contributed by atoms with E-state index in [2.05, 4.69) is 75.1 Å². The molecule has 0 bridgehead atoms. The van der Waals surface area contributed by atoms with Crippen molar-refractivity contribution >= 4 is 48.5 Å². The molecule has 5 rings (SSSR count). The van der Waals surface area contributed by atoms with Gasteiger partial charge in [-0.3, -0.25) is 4.57 Å². The van der Waals surface area contributed by atoms with Crippen molar-refractivity contribution in [3.05, 3.63) is 83.6 Å². The Bertz CT molecular complexity index is 1210. The Morgan fingerprint density at radius 3 is 2.42 bits per heavy atom. The number of benzene rings is 4. The van der Waals surface area contributed by atoms with Crippen LogP contribution in [0.3, 0.4) is 0 Å². The van der Waals surface area contributed by atoms with E-state index in [1.165, 1.54) is 21.5 Å². The molecule has 0 aliphatic carbocycles. The lowest BCUT2D eigenvalue weighted by Crippen LogP contribution is -1.90. The van der Waals surface area contributed by atoms with Crippen molar-refractivity contribution in [3.63, 3.8) is 0 Å². The smallest absolute Gasteiger partial charge is 0.100 e. The molecule has 0 radical (unpaired) electrons. The second-order valence-electron chi connectivity index (χ2n) is 5.91. The highest BCUT2D eigenvalue weighted by Gasteiger charge is 2.10. The summed E-state index contributed by atoms with van der Waals surface area (Å²) in [5.74, 6) is 0. The number of hydrogen-bond acceptors (Lipinski definition) is 1. The molecule has 24 heavy (non-hydrogen) atoms. The Labute approximate surface area is 147 Å². The van der Waals surface area contributed by atoms with Crippen LogP contribution in [0.5, 0.6) is 0 Å². The summed E-state index contributed by atoms with van der Waals surface area (Å²) in [6.45, 7) is 0. The lowest BCUT2D eigenvalue weighted by Gasteiger charge is -2.07. The molecule has 114 valence electrons. The van der Waals surface area contributed by atoms with Crippen LogP contribution in [0, 0.1) is 0 Å². The molecule has 2 nitrogen and oxygen atoms in total. The van der Waals surface area contributed by atoms with Crippen LogP contribution < -0.4 is 0 Å². The van der Waals surface area contributed by atoms with Gasteiger partial charge >= 0.3 is 0 Å². The average Bonchev–Trinajstić information content (AvgIpc) is 3.06. The highest BCUT2D eigenvalue weighted by atomic mass is 79.9. The van der Waals surface area contributed by atoms with Crippen LogP contribution in [0.25, 0.3) is 38.3 Å². The SMILES string of the molecule is Brc1ccc2c(ccc3c2ccc2c3ncn2-c2ccccc2)c1. The molecule has 0 atom stereocenters. The number of aromatic nitrogens is 2. The minimum Gasteiger partial charge on any atom is -0.299 e. The summed E-state index contributed by atoms with van der Waals surface area (Å²) in [5.41, 5.74) is 3.30. The number of fused-ring (bicyclic) bond motifs is 5. The number of rotatable bonds is 1. The van der Waals surface area contributed by atoms with Gasteiger partial charge in [0.25, 0.3) is 0 Å². The van der Waals surface area contributed by atoms with E-state index in [0.29, 0.717) is 0 Å². The topological polar surface area (TPSA) is 17.8 Å². The fourth-order valence-electron chi connectivity index (χ4n) is 3.39. The normalized spacial score (nSPS) is 11.5. The summed E-state index contributed by atoms with van der Waals surface area (Å²) in [4.78, 5) is 4.70. The van der Waals surface area contributed by atoms with E-state index in [9.17, 15) is 0 Å². The first-order valence-electron chi connectivity index (χ1n) is 7.85. The van der Waals surface area contributed by atoms with Gasteiger partial charge < -0.3 is 0 Å². The van der Waals surface area contributed by atoms with Gasteiger partial charge in [0.15, 0.2) is 0 Å². The third-order valence-corrected chi connectivity index (χ3v) is 5.02. The van der Waals surface area contributed by atoms with Crippen molar-refractivity contribution in [3.8, 4) is 5.69 Å². The Balaban J connectivity index is 1.86. The van der Waals surface area contributed by atoms with E-state index in [0.717, 1.165) is 21.2 Å². The molecule has 4 aromatic carbocycles. The number of nitrogens with zero attached hydrogens (tertiary/aromatic N) is 2. The highest BCUT2D eigenvalue weighted by Crippen LogP contribution is 2.32. The average molecular weight is 373 g/mol. The van der Waals surface area contributed by atoms with Crippen molar-refractivity contribution < 1.29 is 0 Å². The summed E-state index contributed by atoms with van der Waals surface area (Å²) >= 11 is 3.55. The molecule has 0 N–H and O–H groups in total. The first-order chi connectivity index (χ1) is 11.8. The monoisotopic (exact) mass is 372 g/mol. The zero-order valence-electron chi connectivity index (χ0n) is 12.8. The first-order valence-corrected chi connectivity index (χ1v) is 8.64. The van der Waals surface area contributed by atoms with Gasteiger partial charge in [-0.2, -0.15) is 0 Å². The zero-order chi connectivity index (χ0) is 16.1. The number of halogens is 1. The van der Waals surface area contributed by atoms with Crippen LogP contribution in [0.4, 0.5) is 0 Å². The van der Waals surface area contributed by atoms with E-state index >= 15 is 0 Å². The second-order valence-corrected chi connectivity index (χ2v) is 6.83. The lowest BCUT2D eigenvalue weighted by molar-refractivity contribution is 1.09. The third kappa shape index (κ3) is 1.98. The standard InChI is InChI=1S/C21H13BrN2/c22-15-7-9-17-14(12-15)6-8-19-18(17)10-11-20-21(19)23-13-24(20)16-4-2-1-3-5-16/h1-13H. The maximum absolute atomic E-state index is 4.70. The van der Waals surface area contributed by atoms with Gasteiger partial charge in [-0.15, -0.1) is 0 Å². The van der Waals surface area contributed by atoms with Gasteiger partial charge in [0.2, 0.25) is 0 Å². The highest BCUT2D eigenvalue weighted by molar-refractivity contribution is 9.10. The van der Waals surface area contributed by atoms with Crippen molar-refractivity contribution in [2.75, 3.05) is 0 Å². The first kappa shape index (κ1) is 13.8. The molecule has 3 heteroatoms. The number of imidazole rings is 1. The second kappa shape index (κ2) is 5.18. The van der Waals surface area contributed by atoms with E-state index in [1.54, 1.807) is 0 Å². The van der Waals surface area contributed by atoms with Crippen LogP contribution in [0.2, 0.25) is 0 Å². The van der Waals surface area contributed by atoms with Crippen molar-refractivity contribution in [1.82, 2.24) is 9.55 Å². The molecule has 0 amide bonds. The fraction of sp³-hybridized carbons (Fsp3) is 0. The molecular weight excluding hydrogens is 360 g/mol. The Morgan fingerprint density at radius 2 is 1.54 bits per heavy atom. The molecule has 0 saturated carbocycles. The lowest BCUT2D eigenvalue weighted by atomic mass is 10.0. The van der Waals surface area contributed by atoms with Crippen molar-refractivity contribution in [1.29, 1.82) is 0 Å². The Morgan fingerprint density at radius 1 is 0.750 bits per heavy atom. The van der Waals surface area contributed by atoms with Crippen molar-refractivity contribution in [2.24, 2.45) is 0 Å². The van der Waals surface area contributed by atoms with Crippen LogP contribution in [-0.2, 0) is 0 Å². The van der Waals surface area contributed by atoms with E-state index in [-0.39, 0.29) is 0 Å². The molecule has 1 aromatic heterocycles. The maximum Gasteiger partial charge on any atom is 0.100 e. The maximum atomic E-state index is 4.70. The van der Waals surface area contributed by atoms with Crippen LogP contribution >= 0.6 is 15.9 Å². The molecule has 0 aliphatic heterocycles. The predicted molar refractivity (Wildman–Crippen MR) is 104 cm³/mol. The number of para-hydroxylation sites is 1. The molecule has 5 aromatic rings. The zero-order valence-corrected chi connectivity index (χ0v) is 14.4. The molecular formula is C21H13BrN2. The summed E-state index contributed by atoms with van der Waals surface area (Å²) in [7, 11) is 0. The van der Waals surface area contributed by atoms with Gasteiger partial charge in [0.1, 0.15) is 6.33 Å². The van der Waals surface area contributed by atoms with Crippen LogP contribution in [-0.4, -0.2) is 9.55 Å². The van der Waals surface area contributed by atoms with Gasteiger partial charge in [0.05, 0.1) is 11.0 Å². The molecule has 0 aliphatic rings. The molecule has 1 heterocycles. The van der Waals surface area contributed by atoms with Gasteiger partial charge in [-0.1, -0.05) is 58.4 Å². The quantitative estimate of drug-likeness (QED) is 0.325.